The van der Waals surface area contributed by atoms with E-state index in [9.17, 15) is 9.59 Å². The highest BCUT2D eigenvalue weighted by Gasteiger charge is 2.30. The molecule has 1 aliphatic rings. The van der Waals surface area contributed by atoms with Crippen molar-refractivity contribution in [3.63, 3.8) is 0 Å². The number of carbonyl (C=O) groups excluding carboxylic acids is 2. The average Bonchev–Trinajstić information content (AvgIpc) is 2.55. The summed E-state index contributed by atoms with van der Waals surface area (Å²) in [4.78, 5) is 27.5. The number of esters is 1. The van der Waals surface area contributed by atoms with Crippen LogP contribution in [0.4, 0.5) is 0 Å². The lowest BCUT2D eigenvalue weighted by Crippen LogP contribution is -2.43. The van der Waals surface area contributed by atoms with Crippen molar-refractivity contribution in [2.24, 2.45) is 5.92 Å². The van der Waals surface area contributed by atoms with Crippen molar-refractivity contribution in [1.29, 1.82) is 0 Å². The molecule has 22 heavy (non-hydrogen) atoms. The molecule has 0 aliphatic carbocycles. The Morgan fingerprint density at radius 3 is 2.82 bits per heavy atom. The van der Waals surface area contributed by atoms with E-state index in [-0.39, 0.29) is 17.8 Å². The zero-order valence-corrected chi connectivity index (χ0v) is 14.0. The van der Waals surface area contributed by atoms with Crippen LogP contribution in [0.1, 0.15) is 37.0 Å². The second-order valence-corrected chi connectivity index (χ2v) is 6.58. The largest absolute Gasteiger partial charge is 0.466 e. The fourth-order valence-corrected chi connectivity index (χ4v) is 3.51. The maximum absolute atomic E-state index is 12.8. The van der Waals surface area contributed by atoms with Gasteiger partial charge in [-0.1, -0.05) is 19.1 Å². The number of benzene rings is 1. The molecule has 0 spiro atoms. The van der Waals surface area contributed by atoms with Crippen LogP contribution in [0, 0.1) is 5.92 Å². The second kappa shape index (κ2) is 8.22. The van der Waals surface area contributed by atoms with Gasteiger partial charge in [0.25, 0.3) is 5.91 Å². The SMILES string of the molecule is CCOC(=O)[C@@H]1CCCN(C(=O)c2ccccc2SCC)C1. The first-order chi connectivity index (χ1) is 10.7. The minimum atomic E-state index is -0.191. The number of rotatable bonds is 5. The molecule has 1 aliphatic heterocycles. The van der Waals surface area contributed by atoms with Crippen LogP contribution in [0.25, 0.3) is 0 Å². The number of hydrogen-bond donors (Lipinski definition) is 0. The highest BCUT2D eigenvalue weighted by Crippen LogP contribution is 2.26. The number of likely N-dealkylation sites (tertiary alicyclic amines) is 1. The first-order valence-corrected chi connectivity index (χ1v) is 8.83. The topological polar surface area (TPSA) is 46.6 Å². The average molecular weight is 321 g/mol. The number of amides is 1. The third-order valence-electron chi connectivity index (χ3n) is 3.75. The van der Waals surface area contributed by atoms with E-state index in [4.69, 9.17) is 4.74 Å². The molecular formula is C17H23NO3S. The monoisotopic (exact) mass is 321 g/mol. The lowest BCUT2D eigenvalue weighted by Gasteiger charge is -2.32. The predicted octanol–water partition coefficient (Wildman–Crippen LogP) is 3.21. The summed E-state index contributed by atoms with van der Waals surface area (Å²) in [6.07, 6.45) is 1.65. The van der Waals surface area contributed by atoms with Crippen molar-refractivity contribution >= 4 is 23.6 Å². The molecule has 120 valence electrons. The molecule has 0 N–H and O–H groups in total. The molecule has 0 bridgehead atoms. The predicted molar refractivity (Wildman–Crippen MR) is 88.1 cm³/mol. The van der Waals surface area contributed by atoms with Gasteiger partial charge in [0.1, 0.15) is 0 Å². The van der Waals surface area contributed by atoms with E-state index < -0.39 is 0 Å². The standard InChI is InChI=1S/C17H23NO3S/c1-3-21-17(20)13-8-7-11-18(12-13)16(19)14-9-5-6-10-15(14)22-4-2/h5-6,9-10,13H,3-4,7-8,11-12H2,1-2H3/t13-/m1/s1. The van der Waals surface area contributed by atoms with Gasteiger partial charge in [0.2, 0.25) is 0 Å². The number of ether oxygens (including phenoxy) is 1. The smallest absolute Gasteiger partial charge is 0.310 e. The van der Waals surface area contributed by atoms with Gasteiger partial charge in [-0.2, -0.15) is 0 Å². The van der Waals surface area contributed by atoms with E-state index in [1.54, 1.807) is 16.7 Å². The zero-order chi connectivity index (χ0) is 15.9. The number of piperidine rings is 1. The van der Waals surface area contributed by atoms with Crippen LogP contribution < -0.4 is 0 Å². The molecule has 1 aromatic rings. The normalized spacial score (nSPS) is 18.1. The number of hydrogen-bond acceptors (Lipinski definition) is 4. The van der Waals surface area contributed by atoms with Crippen LogP contribution in [0.3, 0.4) is 0 Å². The van der Waals surface area contributed by atoms with E-state index in [1.807, 2.05) is 31.2 Å². The maximum atomic E-state index is 12.8. The van der Waals surface area contributed by atoms with Gasteiger partial charge < -0.3 is 9.64 Å². The van der Waals surface area contributed by atoms with E-state index in [2.05, 4.69) is 6.92 Å². The van der Waals surface area contributed by atoms with Crippen LogP contribution >= 0.6 is 11.8 Å². The maximum Gasteiger partial charge on any atom is 0.310 e. The highest BCUT2D eigenvalue weighted by atomic mass is 32.2. The third kappa shape index (κ3) is 4.03. The molecule has 1 aromatic carbocycles. The molecule has 0 saturated carbocycles. The highest BCUT2D eigenvalue weighted by molar-refractivity contribution is 7.99. The van der Waals surface area contributed by atoms with Gasteiger partial charge in [-0.15, -0.1) is 11.8 Å². The van der Waals surface area contributed by atoms with Crippen molar-refractivity contribution < 1.29 is 14.3 Å². The van der Waals surface area contributed by atoms with Gasteiger partial charge in [0, 0.05) is 18.0 Å². The Hall–Kier alpha value is -1.49. The summed E-state index contributed by atoms with van der Waals surface area (Å²) in [6, 6.07) is 7.69. The first-order valence-electron chi connectivity index (χ1n) is 7.85. The summed E-state index contributed by atoms with van der Waals surface area (Å²) in [5, 5.41) is 0. The fraction of sp³-hybridized carbons (Fsp3) is 0.529. The van der Waals surface area contributed by atoms with E-state index >= 15 is 0 Å². The molecular weight excluding hydrogens is 298 g/mol. The molecule has 5 heteroatoms. The summed E-state index contributed by atoms with van der Waals surface area (Å²) in [5.74, 6) is 0.570. The van der Waals surface area contributed by atoms with Gasteiger partial charge in [0.05, 0.1) is 18.1 Å². The van der Waals surface area contributed by atoms with Crippen molar-refractivity contribution in [2.75, 3.05) is 25.4 Å². The van der Waals surface area contributed by atoms with Gasteiger partial charge in [0.15, 0.2) is 0 Å². The van der Waals surface area contributed by atoms with Crippen LogP contribution in [0.2, 0.25) is 0 Å². The molecule has 0 aromatic heterocycles. The van der Waals surface area contributed by atoms with Crippen molar-refractivity contribution in [2.45, 2.75) is 31.6 Å². The fourth-order valence-electron chi connectivity index (χ4n) is 2.71. The molecule has 2 rings (SSSR count). The minimum Gasteiger partial charge on any atom is -0.466 e. The lowest BCUT2D eigenvalue weighted by atomic mass is 9.97. The van der Waals surface area contributed by atoms with Gasteiger partial charge in [-0.25, -0.2) is 0 Å². The Morgan fingerprint density at radius 1 is 1.32 bits per heavy atom. The summed E-state index contributed by atoms with van der Waals surface area (Å²) in [7, 11) is 0. The Balaban J connectivity index is 2.10. The van der Waals surface area contributed by atoms with Crippen molar-refractivity contribution in [1.82, 2.24) is 4.90 Å². The van der Waals surface area contributed by atoms with Crippen molar-refractivity contribution in [3.8, 4) is 0 Å². The number of carbonyl (C=O) groups is 2. The molecule has 0 radical (unpaired) electrons. The number of nitrogens with zero attached hydrogens (tertiary/aromatic N) is 1. The molecule has 1 amide bonds. The molecule has 1 heterocycles. The van der Waals surface area contributed by atoms with Gasteiger partial charge in [-0.3, -0.25) is 9.59 Å². The Morgan fingerprint density at radius 2 is 2.09 bits per heavy atom. The summed E-state index contributed by atoms with van der Waals surface area (Å²) >= 11 is 1.67. The molecule has 4 nitrogen and oxygen atoms in total. The van der Waals surface area contributed by atoms with E-state index in [0.29, 0.717) is 19.7 Å². The summed E-state index contributed by atoms with van der Waals surface area (Å²) in [5.41, 5.74) is 0.735. The molecule has 0 unspecified atom stereocenters. The Kier molecular flexibility index (Phi) is 6.31. The summed E-state index contributed by atoms with van der Waals surface area (Å²) < 4.78 is 5.10. The van der Waals surface area contributed by atoms with Crippen LogP contribution in [0.15, 0.2) is 29.2 Å². The van der Waals surface area contributed by atoms with Crippen LogP contribution in [0.5, 0.6) is 0 Å². The first kappa shape index (κ1) is 16.9. The molecule has 1 atom stereocenters. The summed E-state index contributed by atoms with van der Waals surface area (Å²) in [6.45, 7) is 5.44. The van der Waals surface area contributed by atoms with Crippen LogP contribution in [-0.4, -0.2) is 42.2 Å². The quantitative estimate of drug-likeness (QED) is 0.617. The number of thioether (sulfide) groups is 1. The van der Waals surface area contributed by atoms with Gasteiger partial charge >= 0.3 is 5.97 Å². The Bertz CT molecular complexity index is 532. The van der Waals surface area contributed by atoms with E-state index in [0.717, 1.165) is 29.1 Å². The third-order valence-corrected chi connectivity index (χ3v) is 4.70. The Labute approximate surface area is 136 Å². The van der Waals surface area contributed by atoms with Crippen molar-refractivity contribution in [3.05, 3.63) is 29.8 Å². The lowest BCUT2D eigenvalue weighted by molar-refractivity contribution is -0.149. The zero-order valence-electron chi connectivity index (χ0n) is 13.2. The molecule has 1 fully saturated rings. The van der Waals surface area contributed by atoms with Gasteiger partial charge in [-0.05, 0) is 37.7 Å². The van der Waals surface area contributed by atoms with Crippen LogP contribution in [-0.2, 0) is 9.53 Å². The van der Waals surface area contributed by atoms with E-state index in [1.165, 1.54) is 0 Å². The molecule has 1 saturated heterocycles. The minimum absolute atomic E-state index is 0.0190. The second-order valence-electron chi connectivity index (χ2n) is 5.27.